The molecule has 0 fully saturated rings. The third-order valence-electron chi connectivity index (χ3n) is 3.80. The predicted octanol–water partition coefficient (Wildman–Crippen LogP) is 4.32. The third-order valence-corrected chi connectivity index (χ3v) is 3.80. The molecular formula is C22H23NO5. The van der Waals surface area contributed by atoms with Crippen LogP contribution in [0.25, 0.3) is 11.3 Å². The van der Waals surface area contributed by atoms with E-state index in [-0.39, 0.29) is 24.4 Å². The fourth-order valence-electron chi connectivity index (χ4n) is 2.59. The molecule has 1 unspecified atom stereocenters. The first-order valence-electron chi connectivity index (χ1n) is 9.04. The zero-order valence-electron chi connectivity index (χ0n) is 15.8. The van der Waals surface area contributed by atoms with E-state index in [4.69, 9.17) is 13.9 Å². The summed E-state index contributed by atoms with van der Waals surface area (Å²) in [6.07, 6.45) is -1.11. The molecule has 1 amide bonds. The number of hydrogen-bond donors (Lipinski definition) is 2. The van der Waals surface area contributed by atoms with Gasteiger partial charge < -0.3 is 24.3 Å². The van der Waals surface area contributed by atoms with Crippen LogP contribution in [-0.2, 0) is 4.74 Å². The Bertz CT molecular complexity index is 904. The summed E-state index contributed by atoms with van der Waals surface area (Å²) in [4.78, 5) is 12.5. The molecule has 1 aromatic heterocycles. The number of aliphatic hydroxyl groups is 1. The van der Waals surface area contributed by atoms with Crippen LogP contribution in [0, 0.1) is 0 Å². The highest BCUT2D eigenvalue weighted by Crippen LogP contribution is 2.23. The maximum Gasteiger partial charge on any atom is 0.291 e. The number of aliphatic hydroxyl groups excluding tert-OH is 1. The SMILES string of the molecule is CC(C)OC(O)COc1cccc(NC(=O)c2ccc(-c3ccccc3)o2)c1. The molecule has 146 valence electrons. The number of nitrogens with one attached hydrogen (secondary N) is 1. The predicted molar refractivity (Wildman–Crippen MR) is 106 cm³/mol. The summed E-state index contributed by atoms with van der Waals surface area (Å²) in [5.41, 5.74) is 1.46. The Hall–Kier alpha value is -3.09. The van der Waals surface area contributed by atoms with Crippen molar-refractivity contribution in [2.75, 3.05) is 11.9 Å². The van der Waals surface area contributed by atoms with Crippen LogP contribution in [0.4, 0.5) is 5.69 Å². The number of furan rings is 1. The van der Waals surface area contributed by atoms with Gasteiger partial charge in [-0.3, -0.25) is 4.79 Å². The Morgan fingerprint density at radius 2 is 1.86 bits per heavy atom. The van der Waals surface area contributed by atoms with Crippen LogP contribution >= 0.6 is 0 Å². The summed E-state index contributed by atoms with van der Waals surface area (Å²) in [6, 6.07) is 19.9. The average Bonchev–Trinajstić information content (AvgIpc) is 3.17. The molecule has 6 heteroatoms. The van der Waals surface area contributed by atoms with Gasteiger partial charge in [-0.1, -0.05) is 36.4 Å². The number of benzene rings is 2. The van der Waals surface area contributed by atoms with Gasteiger partial charge in [0.25, 0.3) is 5.91 Å². The molecule has 6 nitrogen and oxygen atoms in total. The molecule has 0 saturated carbocycles. The van der Waals surface area contributed by atoms with Crippen LogP contribution < -0.4 is 10.1 Å². The topological polar surface area (TPSA) is 80.9 Å². The molecule has 0 aliphatic rings. The van der Waals surface area contributed by atoms with Crippen molar-refractivity contribution in [2.45, 2.75) is 26.2 Å². The van der Waals surface area contributed by atoms with Gasteiger partial charge in [0.1, 0.15) is 18.1 Å². The molecule has 0 spiro atoms. The zero-order valence-corrected chi connectivity index (χ0v) is 15.8. The first-order chi connectivity index (χ1) is 13.5. The number of amides is 1. The van der Waals surface area contributed by atoms with E-state index >= 15 is 0 Å². The quantitative estimate of drug-likeness (QED) is 0.568. The number of ether oxygens (including phenoxy) is 2. The van der Waals surface area contributed by atoms with Crippen LogP contribution in [0.15, 0.2) is 71.1 Å². The maximum absolute atomic E-state index is 12.5. The third kappa shape index (κ3) is 5.45. The lowest BCUT2D eigenvalue weighted by molar-refractivity contribution is -0.142. The maximum atomic E-state index is 12.5. The zero-order chi connectivity index (χ0) is 19.9. The number of anilines is 1. The van der Waals surface area contributed by atoms with Crippen molar-refractivity contribution in [1.82, 2.24) is 0 Å². The lowest BCUT2D eigenvalue weighted by atomic mass is 10.2. The Morgan fingerprint density at radius 3 is 2.61 bits per heavy atom. The highest BCUT2D eigenvalue weighted by atomic mass is 16.6. The van der Waals surface area contributed by atoms with Crippen LogP contribution in [-0.4, -0.2) is 30.0 Å². The van der Waals surface area contributed by atoms with Crippen LogP contribution in [0.1, 0.15) is 24.4 Å². The number of carbonyl (C=O) groups is 1. The van der Waals surface area contributed by atoms with Gasteiger partial charge in [0.15, 0.2) is 12.1 Å². The van der Waals surface area contributed by atoms with Crippen molar-refractivity contribution in [1.29, 1.82) is 0 Å². The second-order valence-corrected chi connectivity index (χ2v) is 6.46. The number of carbonyl (C=O) groups excluding carboxylic acids is 1. The van der Waals surface area contributed by atoms with Crippen molar-refractivity contribution < 1.29 is 23.8 Å². The fraction of sp³-hybridized carbons (Fsp3) is 0.227. The van der Waals surface area contributed by atoms with Crippen LogP contribution in [0.2, 0.25) is 0 Å². The van der Waals surface area contributed by atoms with E-state index in [1.807, 2.05) is 44.2 Å². The van der Waals surface area contributed by atoms with E-state index in [2.05, 4.69) is 5.32 Å². The summed E-state index contributed by atoms with van der Waals surface area (Å²) >= 11 is 0. The number of hydrogen-bond acceptors (Lipinski definition) is 5. The second-order valence-electron chi connectivity index (χ2n) is 6.46. The van der Waals surface area contributed by atoms with E-state index in [0.717, 1.165) is 5.56 Å². The van der Waals surface area contributed by atoms with E-state index < -0.39 is 6.29 Å². The Kier molecular flexibility index (Phi) is 6.47. The van der Waals surface area contributed by atoms with Gasteiger partial charge in [0.2, 0.25) is 0 Å². The summed E-state index contributed by atoms with van der Waals surface area (Å²) in [5.74, 6) is 0.990. The lowest BCUT2D eigenvalue weighted by Gasteiger charge is -2.16. The Labute approximate surface area is 163 Å². The molecule has 0 bridgehead atoms. The van der Waals surface area contributed by atoms with Crippen molar-refractivity contribution >= 4 is 11.6 Å². The lowest BCUT2D eigenvalue weighted by Crippen LogP contribution is -2.24. The van der Waals surface area contributed by atoms with E-state index in [9.17, 15) is 9.90 Å². The van der Waals surface area contributed by atoms with Crippen molar-refractivity contribution in [2.24, 2.45) is 0 Å². The largest absolute Gasteiger partial charge is 0.488 e. The molecule has 28 heavy (non-hydrogen) atoms. The van der Waals surface area contributed by atoms with Gasteiger partial charge in [-0.25, -0.2) is 0 Å². The van der Waals surface area contributed by atoms with Crippen LogP contribution in [0.5, 0.6) is 5.75 Å². The summed E-state index contributed by atoms with van der Waals surface area (Å²) in [7, 11) is 0. The molecule has 1 atom stereocenters. The number of rotatable bonds is 8. The van der Waals surface area contributed by atoms with Gasteiger partial charge in [-0.15, -0.1) is 0 Å². The molecule has 0 aliphatic carbocycles. The van der Waals surface area contributed by atoms with Crippen molar-refractivity contribution in [3.05, 3.63) is 72.5 Å². The van der Waals surface area contributed by atoms with Crippen LogP contribution in [0.3, 0.4) is 0 Å². The minimum atomic E-state index is -1.02. The van der Waals surface area contributed by atoms with Gasteiger partial charge in [-0.2, -0.15) is 0 Å². The highest BCUT2D eigenvalue weighted by Gasteiger charge is 2.13. The molecule has 3 rings (SSSR count). The van der Waals surface area contributed by atoms with Gasteiger partial charge in [0.05, 0.1) is 6.10 Å². The van der Waals surface area contributed by atoms with Crippen molar-refractivity contribution in [3.63, 3.8) is 0 Å². The Balaban J connectivity index is 1.61. The normalized spacial score (nSPS) is 12.0. The average molecular weight is 381 g/mol. The highest BCUT2D eigenvalue weighted by molar-refractivity contribution is 6.02. The molecule has 1 heterocycles. The summed E-state index contributed by atoms with van der Waals surface area (Å²) in [6.45, 7) is 3.66. The fourth-order valence-corrected chi connectivity index (χ4v) is 2.59. The first kappa shape index (κ1) is 19.7. The Morgan fingerprint density at radius 1 is 1.07 bits per heavy atom. The molecule has 0 radical (unpaired) electrons. The summed E-state index contributed by atoms with van der Waals surface area (Å²) < 4.78 is 16.4. The van der Waals surface area contributed by atoms with E-state index in [1.165, 1.54) is 0 Å². The van der Waals surface area contributed by atoms with Gasteiger partial charge >= 0.3 is 0 Å². The molecule has 3 aromatic rings. The summed E-state index contributed by atoms with van der Waals surface area (Å²) in [5, 5.41) is 12.5. The monoisotopic (exact) mass is 381 g/mol. The molecular weight excluding hydrogens is 358 g/mol. The minimum Gasteiger partial charge on any atom is -0.488 e. The first-order valence-corrected chi connectivity index (χ1v) is 9.04. The van der Waals surface area contributed by atoms with E-state index in [1.54, 1.807) is 36.4 Å². The molecule has 2 aromatic carbocycles. The second kappa shape index (κ2) is 9.21. The molecule has 0 aliphatic heterocycles. The smallest absolute Gasteiger partial charge is 0.291 e. The minimum absolute atomic E-state index is 0.00575. The van der Waals surface area contributed by atoms with E-state index in [0.29, 0.717) is 17.2 Å². The van der Waals surface area contributed by atoms with Gasteiger partial charge in [0, 0.05) is 17.3 Å². The molecule has 2 N–H and O–H groups in total. The molecule has 0 saturated heterocycles. The standard InChI is InChI=1S/C22H23NO5/c1-15(2)27-21(24)14-26-18-10-6-9-17(13-18)23-22(25)20-12-11-19(28-20)16-7-4-3-5-8-16/h3-13,15,21,24H,14H2,1-2H3,(H,23,25). The van der Waals surface area contributed by atoms with Gasteiger partial charge in [-0.05, 0) is 38.1 Å². The van der Waals surface area contributed by atoms with Crippen molar-refractivity contribution in [3.8, 4) is 17.1 Å².